The van der Waals surface area contributed by atoms with Crippen molar-refractivity contribution in [3.8, 4) is 0 Å². The van der Waals surface area contributed by atoms with Crippen molar-refractivity contribution < 1.29 is 19.1 Å². The van der Waals surface area contributed by atoms with Gasteiger partial charge in [-0.15, -0.1) is 0 Å². The molecule has 1 aromatic rings. The number of piperidine rings is 1. The van der Waals surface area contributed by atoms with Crippen LogP contribution in [0, 0.1) is 13.8 Å². The van der Waals surface area contributed by atoms with Gasteiger partial charge in [0.25, 0.3) is 11.8 Å². The largest absolute Gasteiger partial charge is 0.469 e. The minimum Gasteiger partial charge on any atom is -0.469 e. The summed E-state index contributed by atoms with van der Waals surface area (Å²) in [6.45, 7) is 3.93. The molecule has 2 heterocycles. The lowest BCUT2D eigenvalue weighted by atomic mass is 9.91. The lowest BCUT2D eigenvalue weighted by Crippen LogP contribution is -2.57. The highest BCUT2D eigenvalue weighted by molar-refractivity contribution is 5.97. The number of aliphatic hydroxyl groups is 1. The van der Waals surface area contributed by atoms with Crippen LogP contribution in [0.25, 0.3) is 0 Å². The topological polar surface area (TPSA) is 96.8 Å². The van der Waals surface area contributed by atoms with Gasteiger partial charge in [-0.3, -0.25) is 9.59 Å². The summed E-state index contributed by atoms with van der Waals surface area (Å²) in [5.41, 5.74) is 4.81. The van der Waals surface area contributed by atoms with E-state index in [4.69, 9.17) is 10.2 Å². The number of amides is 2. The molecule has 2 rings (SSSR count). The number of likely N-dealkylation sites (tertiary alicyclic amines) is 1. The van der Waals surface area contributed by atoms with Crippen LogP contribution in [0.4, 0.5) is 0 Å². The maximum Gasteiger partial charge on any atom is 0.257 e. The van der Waals surface area contributed by atoms with Crippen LogP contribution < -0.4 is 5.73 Å². The van der Waals surface area contributed by atoms with Gasteiger partial charge in [0.1, 0.15) is 5.76 Å². The zero-order valence-corrected chi connectivity index (χ0v) is 11.1. The zero-order valence-electron chi connectivity index (χ0n) is 11.1. The van der Waals surface area contributed by atoms with E-state index in [9.17, 15) is 14.7 Å². The van der Waals surface area contributed by atoms with Crippen LogP contribution in [0.3, 0.4) is 0 Å². The fourth-order valence-corrected chi connectivity index (χ4v) is 2.46. The molecule has 0 saturated carbocycles. The highest BCUT2D eigenvalue weighted by atomic mass is 16.3. The summed E-state index contributed by atoms with van der Waals surface area (Å²) >= 11 is 0. The van der Waals surface area contributed by atoms with Crippen LogP contribution in [-0.2, 0) is 4.79 Å². The summed E-state index contributed by atoms with van der Waals surface area (Å²) in [6.07, 6.45) is 2.35. The van der Waals surface area contributed by atoms with Gasteiger partial charge >= 0.3 is 0 Å². The highest BCUT2D eigenvalue weighted by Gasteiger charge is 2.40. The Labute approximate surface area is 111 Å². The van der Waals surface area contributed by atoms with E-state index in [1.807, 2.05) is 0 Å². The number of carbonyl (C=O) groups is 2. The van der Waals surface area contributed by atoms with E-state index < -0.39 is 11.5 Å². The van der Waals surface area contributed by atoms with Gasteiger partial charge in [-0.2, -0.15) is 0 Å². The Morgan fingerprint density at radius 3 is 2.68 bits per heavy atom. The second-order valence-corrected chi connectivity index (χ2v) is 5.08. The quantitative estimate of drug-likeness (QED) is 0.807. The van der Waals surface area contributed by atoms with E-state index in [0.717, 1.165) is 5.56 Å². The highest BCUT2D eigenvalue weighted by Crippen LogP contribution is 2.25. The monoisotopic (exact) mass is 266 g/mol. The number of nitrogens with two attached hydrogens (primary N) is 1. The van der Waals surface area contributed by atoms with Crippen LogP contribution in [-0.4, -0.2) is 40.5 Å². The molecule has 1 aliphatic heterocycles. The first-order chi connectivity index (χ1) is 8.85. The third kappa shape index (κ3) is 2.35. The Kier molecular flexibility index (Phi) is 3.36. The summed E-state index contributed by atoms with van der Waals surface area (Å²) in [6, 6.07) is 0. The molecule has 1 fully saturated rings. The van der Waals surface area contributed by atoms with Crippen LogP contribution in [0.5, 0.6) is 0 Å². The van der Waals surface area contributed by atoms with Crippen molar-refractivity contribution >= 4 is 11.8 Å². The smallest absolute Gasteiger partial charge is 0.257 e. The van der Waals surface area contributed by atoms with Crippen molar-refractivity contribution in [3.05, 3.63) is 23.2 Å². The van der Waals surface area contributed by atoms with Crippen LogP contribution in [0.15, 0.2) is 10.7 Å². The molecule has 0 aliphatic carbocycles. The predicted molar refractivity (Wildman–Crippen MR) is 67.5 cm³/mol. The number of nitrogens with zero attached hydrogens (tertiary/aromatic N) is 1. The molecule has 0 spiro atoms. The van der Waals surface area contributed by atoms with Crippen molar-refractivity contribution in [2.45, 2.75) is 32.3 Å². The van der Waals surface area contributed by atoms with Gasteiger partial charge in [-0.25, -0.2) is 0 Å². The van der Waals surface area contributed by atoms with Crippen LogP contribution in [0.1, 0.15) is 34.5 Å². The molecule has 1 aliphatic rings. The fraction of sp³-hybridized carbons (Fsp3) is 0.538. The average molecular weight is 266 g/mol. The van der Waals surface area contributed by atoms with Gasteiger partial charge in [0.2, 0.25) is 0 Å². The van der Waals surface area contributed by atoms with E-state index in [0.29, 0.717) is 24.3 Å². The molecular weight excluding hydrogens is 248 g/mol. The molecule has 2 amide bonds. The molecule has 0 radical (unpaired) electrons. The number of hydrogen-bond acceptors (Lipinski definition) is 4. The van der Waals surface area contributed by atoms with Gasteiger partial charge in [0, 0.05) is 12.1 Å². The first kappa shape index (κ1) is 13.6. The third-order valence-electron chi connectivity index (χ3n) is 3.59. The fourth-order valence-electron chi connectivity index (χ4n) is 2.46. The summed E-state index contributed by atoms with van der Waals surface area (Å²) in [7, 11) is 0. The van der Waals surface area contributed by atoms with Gasteiger partial charge < -0.3 is 20.2 Å². The Bertz CT molecular complexity index is 503. The average Bonchev–Trinajstić information content (AvgIpc) is 2.68. The Morgan fingerprint density at radius 1 is 1.47 bits per heavy atom. The molecule has 6 nitrogen and oxygen atoms in total. The second-order valence-electron chi connectivity index (χ2n) is 5.08. The molecular formula is C13H18N2O4. The van der Waals surface area contributed by atoms with E-state index >= 15 is 0 Å². The van der Waals surface area contributed by atoms with E-state index in [1.54, 1.807) is 13.8 Å². The van der Waals surface area contributed by atoms with Crippen molar-refractivity contribution in [2.24, 2.45) is 5.73 Å². The summed E-state index contributed by atoms with van der Waals surface area (Å²) in [5.74, 6) is -0.482. The number of hydrogen-bond donors (Lipinski definition) is 2. The molecule has 6 heteroatoms. The molecule has 0 bridgehead atoms. The first-order valence-corrected chi connectivity index (χ1v) is 6.21. The van der Waals surface area contributed by atoms with Gasteiger partial charge in [0.15, 0.2) is 5.60 Å². The molecule has 0 unspecified atom stereocenters. The predicted octanol–water partition coefficient (Wildman–Crippen LogP) is 0.349. The lowest BCUT2D eigenvalue weighted by molar-refractivity contribution is -0.140. The van der Waals surface area contributed by atoms with Crippen molar-refractivity contribution in [3.63, 3.8) is 0 Å². The second kappa shape index (κ2) is 4.70. The van der Waals surface area contributed by atoms with Crippen LogP contribution in [0.2, 0.25) is 0 Å². The minimum absolute atomic E-state index is 0.0643. The molecule has 19 heavy (non-hydrogen) atoms. The van der Waals surface area contributed by atoms with Gasteiger partial charge in [-0.1, -0.05) is 0 Å². The van der Waals surface area contributed by atoms with Crippen molar-refractivity contribution in [1.29, 1.82) is 0 Å². The number of carbonyl (C=O) groups excluding carboxylic acids is 2. The number of primary amides is 1. The zero-order chi connectivity index (χ0) is 14.2. The maximum atomic E-state index is 12.4. The number of aryl methyl sites for hydroxylation is 2. The number of β-amino-alcohol motifs (C(OH)–C–C–N with tert-alkyl or cyclic N) is 1. The molecule has 0 aromatic carbocycles. The summed E-state index contributed by atoms with van der Waals surface area (Å²) in [4.78, 5) is 25.2. The normalized spacial score (nSPS) is 23.4. The Hall–Kier alpha value is -1.82. The standard InChI is InChI=1S/C13H18N2O4/c1-8-6-19-9(2)10(8)11(16)15-5-3-4-13(18,7-15)12(14)17/h6,18H,3-5,7H2,1-2H3,(H2,14,17)/t13-/m0/s1. The molecule has 104 valence electrons. The Morgan fingerprint density at radius 2 is 2.16 bits per heavy atom. The maximum absolute atomic E-state index is 12.4. The van der Waals surface area contributed by atoms with Crippen molar-refractivity contribution in [2.75, 3.05) is 13.1 Å². The Balaban J connectivity index is 2.23. The molecule has 3 N–H and O–H groups in total. The van der Waals surface area contributed by atoms with Gasteiger partial charge in [-0.05, 0) is 26.7 Å². The molecule has 1 saturated heterocycles. The van der Waals surface area contributed by atoms with Crippen molar-refractivity contribution in [1.82, 2.24) is 4.90 Å². The first-order valence-electron chi connectivity index (χ1n) is 6.21. The number of furan rings is 1. The summed E-state index contributed by atoms with van der Waals surface area (Å²) in [5, 5.41) is 10.1. The molecule has 1 aromatic heterocycles. The number of rotatable bonds is 2. The van der Waals surface area contributed by atoms with E-state index in [-0.39, 0.29) is 18.9 Å². The van der Waals surface area contributed by atoms with E-state index in [1.165, 1.54) is 11.2 Å². The van der Waals surface area contributed by atoms with Gasteiger partial charge in [0.05, 0.1) is 18.4 Å². The SMILES string of the molecule is Cc1coc(C)c1C(=O)N1CCC[C@@](O)(C(N)=O)C1. The van der Waals surface area contributed by atoms with E-state index in [2.05, 4.69) is 0 Å². The molecule has 1 atom stereocenters. The lowest BCUT2D eigenvalue weighted by Gasteiger charge is -2.37. The third-order valence-corrected chi connectivity index (χ3v) is 3.59. The minimum atomic E-state index is -1.63. The van der Waals surface area contributed by atoms with Crippen LogP contribution >= 0.6 is 0 Å². The summed E-state index contributed by atoms with van der Waals surface area (Å²) < 4.78 is 5.21.